The van der Waals surface area contributed by atoms with Crippen molar-refractivity contribution in [2.75, 3.05) is 20.3 Å². The molecule has 1 unspecified atom stereocenters. The molecule has 1 aliphatic carbocycles. The summed E-state index contributed by atoms with van der Waals surface area (Å²) in [6, 6.07) is 3.11. The summed E-state index contributed by atoms with van der Waals surface area (Å²) in [4.78, 5) is 2.45. The van der Waals surface area contributed by atoms with Gasteiger partial charge in [-0.15, -0.1) is 0 Å². The third-order valence-electron chi connectivity index (χ3n) is 4.12. The lowest BCUT2D eigenvalue weighted by molar-refractivity contribution is 0.104. The van der Waals surface area contributed by atoms with Crippen LogP contribution in [0.4, 0.5) is 0 Å². The molecule has 1 N–H and O–H groups in total. The molecule has 2 rings (SSSR count). The summed E-state index contributed by atoms with van der Waals surface area (Å²) in [6.45, 7) is 9.84. The highest BCUT2D eigenvalue weighted by molar-refractivity contribution is 5.05. The van der Waals surface area contributed by atoms with Crippen molar-refractivity contribution in [2.45, 2.75) is 58.8 Å². The molecular formula is C16H29N3O2. The van der Waals surface area contributed by atoms with Gasteiger partial charge in [-0.1, -0.05) is 19.0 Å². The molecule has 5 nitrogen and oxygen atoms in total. The number of methoxy groups -OCH3 is 1. The molecule has 1 heterocycles. The molecule has 0 aliphatic heterocycles. The van der Waals surface area contributed by atoms with Crippen LogP contribution in [-0.4, -0.2) is 42.4 Å². The number of rotatable bonds is 10. The van der Waals surface area contributed by atoms with Gasteiger partial charge in [0.1, 0.15) is 0 Å². The van der Waals surface area contributed by atoms with Gasteiger partial charge in [0.05, 0.1) is 18.8 Å². The van der Waals surface area contributed by atoms with Crippen molar-refractivity contribution >= 4 is 0 Å². The molecule has 1 atom stereocenters. The second kappa shape index (κ2) is 7.92. The Morgan fingerprint density at radius 2 is 2.19 bits per heavy atom. The standard InChI is InChI=1S/C16H29N3O2/c1-12(2)17-10-15-9-16(21-18-15)11-19(7-8-20-4)13(3)14-5-6-14/h9,12-14,17H,5-8,10-11H2,1-4H3. The zero-order chi connectivity index (χ0) is 15.2. The highest BCUT2D eigenvalue weighted by Crippen LogP contribution is 2.35. The van der Waals surface area contributed by atoms with E-state index in [4.69, 9.17) is 9.26 Å². The Bertz CT molecular complexity index is 415. The monoisotopic (exact) mass is 295 g/mol. The molecule has 120 valence electrons. The molecule has 0 bridgehead atoms. The molecule has 0 aromatic carbocycles. The van der Waals surface area contributed by atoms with Crippen LogP contribution >= 0.6 is 0 Å². The first-order chi connectivity index (χ1) is 10.1. The average molecular weight is 295 g/mol. The van der Waals surface area contributed by atoms with E-state index in [1.807, 2.05) is 0 Å². The van der Waals surface area contributed by atoms with E-state index in [2.05, 4.69) is 42.2 Å². The highest BCUT2D eigenvalue weighted by atomic mass is 16.5. The molecular weight excluding hydrogens is 266 g/mol. The van der Waals surface area contributed by atoms with Gasteiger partial charge in [-0.25, -0.2) is 0 Å². The van der Waals surface area contributed by atoms with E-state index in [1.54, 1.807) is 7.11 Å². The average Bonchev–Trinajstić information content (AvgIpc) is 3.21. The third kappa shape index (κ3) is 5.41. The summed E-state index contributed by atoms with van der Waals surface area (Å²) in [5.41, 5.74) is 0.976. The smallest absolute Gasteiger partial charge is 0.151 e. The number of hydrogen-bond donors (Lipinski definition) is 1. The Hall–Kier alpha value is -0.910. The van der Waals surface area contributed by atoms with Gasteiger partial charge in [0.2, 0.25) is 0 Å². The number of ether oxygens (including phenoxy) is 1. The number of hydrogen-bond acceptors (Lipinski definition) is 5. The summed E-state index contributed by atoms with van der Waals surface area (Å²) in [5, 5.41) is 7.50. The first-order valence-corrected chi connectivity index (χ1v) is 8.01. The lowest BCUT2D eigenvalue weighted by Gasteiger charge is -2.27. The fraction of sp³-hybridized carbons (Fsp3) is 0.812. The first kappa shape index (κ1) is 16.5. The van der Waals surface area contributed by atoms with Crippen molar-refractivity contribution in [3.05, 3.63) is 17.5 Å². The first-order valence-electron chi connectivity index (χ1n) is 8.01. The van der Waals surface area contributed by atoms with E-state index in [-0.39, 0.29) is 0 Å². The van der Waals surface area contributed by atoms with E-state index < -0.39 is 0 Å². The lowest BCUT2D eigenvalue weighted by Crippen LogP contribution is -2.36. The quantitative estimate of drug-likeness (QED) is 0.718. The van der Waals surface area contributed by atoms with Gasteiger partial charge in [0.25, 0.3) is 0 Å². The maximum Gasteiger partial charge on any atom is 0.151 e. The molecule has 1 fully saturated rings. The number of nitrogens with one attached hydrogen (secondary N) is 1. The van der Waals surface area contributed by atoms with E-state index in [0.29, 0.717) is 12.1 Å². The molecule has 0 radical (unpaired) electrons. The molecule has 0 spiro atoms. The van der Waals surface area contributed by atoms with Crippen molar-refractivity contribution in [1.29, 1.82) is 0 Å². The molecule has 0 saturated heterocycles. The van der Waals surface area contributed by atoms with Crippen LogP contribution in [0, 0.1) is 5.92 Å². The van der Waals surface area contributed by atoms with Crippen LogP contribution < -0.4 is 5.32 Å². The fourth-order valence-corrected chi connectivity index (χ4v) is 2.53. The van der Waals surface area contributed by atoms with Gasteiger partial charge in [-0.05, 0) is 25.7 Å². The zero-order valence-corrected chi connectivity index (χ0v) is 13.8. The van der Waals surface area contributed by atoms with Crippen LogP contribution in [0.1, 0.15) is 45.1 Å². The predicted octanol–water partition coefficient (Wildman–Crippen LogP) is 2.42. The van der Waals surface area contributed by atoms with Gasteiger partial charge in [0.15, 0.2) is 5.76 Å². The van der Waals surface area contributed by atoms with Crippen LogP contribution in [0.15, 0.2) is 10.6 Å². The van der Waals surface area contributed by atoms with Crippen molar-refractivity contribution in [1.82, 2.24) is 15.4 Å². The van der Waals surface area contributed by atoms with E-state index >= 15 is 0 Å². The SMILES string of the molecule is COCCN(Cc1cc(CNC(C)C)no1)C(C)C1CC1. The van der Waals surface area contributed by atoms with Crippen molar-refractivity contribution < 1.29 is 9.26 Å². The number of nitrogens with zero attached hydrogens (tertiary/aromatic N) is 2. The molecule has 0 amide bonds. The Morgan fingerprint density at radius 3 is 2.81 bits per heavy atom. The van der Waals surface area contributed by atoms with Gasteiger partial charge in [-0.2, -0.15) is 0 Å². The summed E-state index contributed by atoms with van der Waals surface area (Å²) in [7, 11) is 1.75. The van der Waals surface area contributed by atoms with Gasteiger partial charge in [0, 0.05) is 38.3 Å². The second-order valence-corrected chi connectivity index (χ2v) is 6.36. The van der Waals surface area contributed by atoms with Crippen molar-refractivity contribution in [3.63, 3.8) is 0 Å². The lowest BCUT2D eigenvalue weighted by atomic mass is 10.1. The molecule has 5 heteroatoms. The van der Waals surface area contributed by atoms with Crippen molar-refractivity contribution in [2.24, 2.45) is 5.92 Å². The Morgan fingerprint density at radius 1 is 1.43 bits per heavy atom. The number of aromatic nitrogens is 1. The van der Waals surface area contributed by atoms with E-state index in [0.717, 1.165) is 43.6 Å². The van der Waals surface area contributed by atoms with Crippen LogP contribution in [0.5, 0.6) is 0 Å². The zero-order valence-electron chi connectivity index (χ0n) is 13.8. The Kier molecular flexibility index (Phi) is 6.21. The predicted molar refractivity (Wildman–Crippen MR) is 83.0 cm³/mol. The molecule has 1 saturated carbocycles. The van der Waals surface area contributed by atoms with Crippen molar-refractivity contribution in [3.8, 4) is 0 Å². The van der Waals surface area contributed by atoms with E-state index in [1.165, 1.54) is 12.8 Å². The van der Waals surface area contributed by atoms with Gasteiger partial charge >= 0.3 is 0 Å². The topological polar surface area (TPSA) is 50.5 Å². The fourth-order valence-electron chi connectivity index (χ4n) is 2.53. The largest absolute Gasteiger partial charge is 0.383 e. The summed E-state index contributed by atoms with van der Waals surface area (Å²) >= 11 is 0. The normalized spacial score (nSPS) is 16.9. The summed E-state index contributed by atoms with van der Waals surface area (Å²) in [5.74, 6) is 1.78. The van der Waals surface area contributed by atoms with Crippen LogP contribution in [0.25, 0.3) is 0 Å². The minimum Gasteiger partial charge on any atom is -0.383 e. The molecule has 1 aromatic rings. The maximum absolute atomic E-state index is 5.49. The van der Waals surface area contributed by atoms with Crippen LogP contribution in [0.2, 0.25) is 0 Å². The van der Waals surface area contributed by atoms with Gasteiger partial charge < -0.3 is 14.6 Å². The van der Waals surface area contributed by atoms with Gasteiger partial charge in [-0.3, -0.25) is 4.90 Å². The summed E-state index contributed by atoms with van der Waals surface area (Å²) < 4.78 is 10.7. The summed E-state index contributed by atoms with van der Waals surface area (Å²) in [6.07, 6.45) is 2.70. The minimum atomic E-state index is 0.457. The molecule has 1 aliphatic rings. The Balaban J connectivity index is 1.89. The van der Waals surface area contributed by atoms with Crippen LogP contribution in [-0.2, 0) is 17.8 Å². The molecule has 1 aromatic heterocycles. The third-order valence-corrected chi connectivity index (χ3v) is 4.12. The molecule has 21 heavy (non-hydrogen) atoms. The maximum atomic E-state index is 5.49. The second-order valence-electron chi connectivity index (χ2n) is 6.36. The Labute approximate surface area is 128 Å². The van der Waals surface area contributed by atoms with E-state index in [9.17, 15) is 0 Å². The van der Waals surface area contributed by atoms with Crippen LogP contribution in [0.3, 0.4) is 0 Å². The highest BCUT2D eigenvalue weighted by Gasteiger charge is 2.32. The minimum absolute atomic E-state index is 0.457.